The van der Waals surface area contributed by atoms with Gasteiger partial charge in [-0.3, -0.25) is 19.2 Å². The van der Waals surface area contributed by atoms with Crippen LogP contribution in [0.25, 0.3) is 5.69 Å². The number of aromatic nitrogens is 2. The van der Waals surface area contributed by atoms with Crippen molar-refractivity contribution in [3.63, 3.8) is 0 Å². The first-order valence-corrected chi connectivity index (χ1v) is 14.6. The minimum Gasteiger partial charge on any atom is -0.481 e. The number of piperidine rings is 1. The molecule has 2 aliphatic rings. The highest BCUT2D eigenvalue weighted by molar-refractivity contribution is 5.96. The van der Waals surface area contributed by atoms with Gasteiger partial charge in [-0.2, -0.15) is 5.10 Å². The zero-order valence-electron chi connectivity index (χ0n) is 24.6. The van der Waals surface area contributed by atoms with Gasteiger partial charge in [-0.1, -0.05) is 18.2 Å². The van der Waals surface area contributed by atoms with Crippen molar-refractivity contribution in [2.24, 2.45) is 0 Å². The molecular weight excluding hydrogens is 576 g/mol. The number of para-hydroxylation sites is 1. The first kappa shape index (κ1) is 32.3. The maximum atomic E-state index is 13.4. The number of rotatable bonds is 11. The Labute approximate surface area is 254 Å². The Kier molecular flexibility index (Phi) is 11.1. The molecular formula is C29H38N6O9. The maximum absolute atomic E-state index is 13.4. The van der Waals surface area contributed by atoms with Crippen LogP contribution >= 0.6 is 0 Å². The molecule has 2 saturated heterocycles. The number of hydrogen-bond donors (Lipinski definition) is 3. The number of piperazine rings is 1. The molecule has 2 aliphatic heterocycles. The summed E-state index contributed by atoms with van der Waals surface area (Å²) in [5.41, 5.74) is 0.464. The summed E-state index contributed by atoms with van der Waals surface area (Å²) in [6.45, 7) is 3.32. The molecule has 1 atom stereocenters. The highest BCUT2D eigenvalue weighted by Crippen LogP contribution is 2.21. The zero-order chi connectivity index (χ0) is 31.6. The third kappa shape index (κ3) is 8.46. The molecule has 0 bridgehead atoms. The van der Waals surface area contributed by atoms with E-state index in [0.717, 1.165) is 0 Å². The molecule has 0 aliphatic carbocycles. The summed E-state index contributed by atoms with van der Waals surface area (Å²) in [5, 5.41) is 26.0. The van der Waals surface area contributed by atoms with Crippen molar-refractivity contribution < 1.29 is 43.7 Å². The van der Waals surface area contributed by atoms with Gasteiger partial charge >= 0.3 is 12.1 Å². The van der Waals surface area contributed by atoms with E-state index < -0.39 is 36.0 Å². The second-order valence-corrected chi connectivity index (χ2v) is 10.5. The Morgan fingerprint density at radius 1 is 0.977 bits per heavy atom. The molecule has 1 aromatic heterocycles. The van der Waals surface area contributed by atoms with Gasteiger partial charge in [-0.15, -0.1) is 0 Å². The number of likely N-dealkylation sites (tertiary alicyclic amines) is 1. The molecule has 4 rings (SSSR count). The average Bonchev–Trinajstić information content (AvgIpc) is 3.47. The lowest BCUT2D eigenvalue weighted by molar-refractivity contribution is -0.138. The number of carboxylic acid groups (broad SMARTS) is 1. The van der Waals surface area contributed by atoms with Crippen molar-refractivity contribution in [3.05, 3.63) is 42.1 Å². The summed E-state index contributed by atoms with van der Waals surface area (Å²) in [6.07, 6.45) is -0.441. The Bertz CT molecular complexity index is 1320. The molecule has 3 N–H and O–H groups in total. The fourth-order valence-electron chi connectivity index (χ4n) is 4.98. The number of carbonyl (C=O) groups is 5. The Hall–Kier alpha value is -4.66. The van der Waals surface area contributed by atoms with Crippen molar-refractivity contribution in [2.75, 3.05) is 52.5 Å². The fourth-order valence-corrected chi connectivity index (χ4v) is 4.98. The summed E-state index contributed by atoms with van der Waals surface area (Å²) in [7, 11) is 0. The number of ether oxygens (including phenoxy) is 2. The molecule has 3 heterocycles. The molecule has 0 radical (unpaired) electrons. The number of hydrogen-bond acceptors (Lipinski definition) is 9. The smallest absolute Gasteiger partial charge is 0.409 e. The molecule has 0 spiro atoms. The maximum Gasteiger partial charge on any atom is 0.409 e. The number of amides is 4. The van der Waals surface area contributed by atoms with Crippen LogP contribution in [0.2, 0.25) is 0 Å². The fraction of sp³-hybridized carbons (Fsp3) is 0.517. The molecule has 4 amide bonds. The number of carbonyl (C=O) groups excluding carboxylic acids is 4. The van der Waals surface area contributed by atoms with Crippen LogP contribution in [0, 0.1) is 0 Å². The number of aliphatic hydroxyl groups excluding tert-OH is 1. The SMILES string of the molecule is CCOC(=O)N1CCN(C(=O)[C@H](CCC(=O)O)NC(=O)c2cc(OCC(=O)N3CCC(O)CC3)n(-c3ccccc3)n2)CC1. The summed E-state index contributed by atoms with van der Waals surface area (Å²) in [5.74, 6) is -2.48. The van der Waals surface area contributed by atoms with Gasteiger partial charge < -0.3 is 39.7 Å². The Morgan fingerprint density at radius 2 is 1.64 bits per heavy atom. The first-order chi connectivity index (χ1) is 21.2. The molecule has 238 valence electrons. The number of aliphatic hydroxyl groups is 1. The van der Waals surface area contributed by atoms with Gasteiger partial charge in [0.25, 0.3) is 11.8 Å². The summed E-state index contributed by atoms with van der Waals surface area (Å²) in [4.78, 5) is 67.4. The molecule has 15 heteroatoms. The van der Waals surface area contributed by atoms with E-state index in [9.17, 15) is 34.2 Å². The van der Waals surface area contributed by atoms with E-state index in [4.69, 9.17) is 9.47 Å². The molecule has 44 heavy (non-hydrogen) atoms. The van der Waals surface area contributed by atoms with E-state index in [1.54, 1.807) is 42.2 Å². The van der Waals surface area contributed by atoms with Crippen molar-refractivity contribution in [1.82, 2.24) is 29.8 Å². The normalized spacial score (nSPS) is 16.3. The molecule has 0 saturated carbocycles. The number of nitrogens with zero attached hydrogens (tertiary/aromatic N) is 5. The van der Waals surface area contributed by atoms with Crippen LogP contribution in [0.1, 0.15) is 43.1 Å². The van der Waals surface area contributed by atoms with Crippen molar-refractivity contribution in [2.45, 2.75) is 44.8 Å². The number of benzene rings is 1. The zero-order valence-corrected chi connectivity index (χ0v) is 24.6. The molecule has 2 aromatic rings. The van der Waals surface area contributed by atoms with E-state index in [0.29, 0.717) is 31.6 Å². The third-order valence-corrected chi connectivity index (χ3v) is 7.44. The monoisotopic (exact) mass is 614 g/mol. The van der Waals surface area contributed by atoms with E-state index in [1.165, 1.54) is 20.5 Å². The second-order valence-electron chi connectivity index (χ2n) is 10.5. The standard InChI is InChI=1S/C29H38N6O9/c1-2-43-29(42)34-16-14-33(15-17-34)28(41)22(8-9-26(38)39)30-27(40)23-18-25(35(31-23)20-6-4-3-5-7-20)44-19-24(37)32-12-10-21(36)11-13-32/h3-7,18,21-22,36H,2,8-17,19H2,1H3,(H,30,40)(H,38,39)/t22-/m0/s1. The Balaban J connectivity index is 1.47. The quantitative estimate of drug-likeness (QED) is 0.322. The lowest BCUT2D eigenvalue weighted by Crippen LogP contribution is -2.56. The first-order valence-electron chi connectivity index (χ1n) is 14.6. The summed E-state index contributed by atoms with van der Waals surface area (Å²) >= 11 is 0. The number of aliphatic carboxylic acids is 1. The molecule has 2 fully saturated rings. The van der Waals surface area contributed by atoms with Crippen LogP contribution in [-0.4, -0.2) is 129 Å². The molecule has 1 aromatic carbocycles. The van der Waals surface area contributed by atoms with Crippen molar-refractivity contribution in [1.29, 1.82) is 0 Å². The largest absolute Gasteiger partial charge is 0.481 e. The Morgan fingerprint density at radius 3 is 2.27 bits per heavy atom. The minimum absolute atomic E-state index is 0.0994. The van der Waals surface area contributed by atoms with Crippen LogP contribution in [0.15, 0.2) is 36.4 Å². The molecule has 0 unspecified atom stereocenters. The van der Waals surface area contributed by atoms with Crippen molar-refractivity contribution >= 4 is 29.8 Å². The lowest BCUT2D eigenvalue weighted by Gasteiger charge is -2.35. The van der Waals surface area contributed by atoms with Gasteiger partial charge in [0, 0.05) is 51.8 Å². The lowest BCUT2D eigenvalue weighted by atomic mass is 10.1. The number of nitrogens with one attached hydrogen (secondary N) is 1. The predicted octanol–water partition coefficient (Wildman–Crippen LogP) is 0.498. The van der Waals surface area contributed by atoms with Crippen molar-refractivity contribution in [3.8, 4) is 11.6 Å². The van der Waals surface area contributed by atoms with E-state index in [2.05, 4.69) is 10.4 Å². The van der Waals surface area contributed by atoms with E-state index in [1.807, 2.05) is 0 Å². The van der Waals surface area contributed by atoms with Gasteiger partial charge in [-0.25, -0.2) is 9.48 Å². The van der Waals surface area contributed by atoms with Crippen LogP contribution < -0.4 is 10.1 Å². The topological polar surface area (TPSA) is 184 Å². The second kappa shape index (κ2) is 15.2. The van der Waals surface area contributed by atoms with Gasteiger partial charge in [0.05, 0.1) is 18.4 Å². The summed E-state index contributed by atoms with van der Waals surface area (Å²) < 4.78 is 12.2. The minimum atomic E-state index is -1.16. The van der Waals surface area contributed by atoms with Gasteiger partial charge in [0.1, 0.15) is 6.04 Å². The number of carboxylic acids is 1. The third-order valence-electron chi connectivity index (χ3n) is 7.44. The van der Waals surface area contributed by atoms with Crippen LogP contribution in [-0.2, 0) is 19.1 Å². The van der Waals surface area contributed by atoms with E-state index in [-0.39, 0.29) is 69.7 Å². The van der Waals surface area contributed by atoms with Crippen LogP contribution in [0.5, 0.6) is 5.88 Å². The molecule has 15 nitrogen and oxygen atoms in total. The van der Waals surface area contributed by atoms with E-state index >= 15 is 0 Å². The highest BCUT2D eigenvalue weighted by Gasteiger charge is 2.32. The average molecular weight is 615 g/mol. The van der Waals surface area contributed by atoms with Gasteiger partial charge in [0.2, 0.25) is 11.8 Å². The van der Waals surface area contributed by atoms with Crippen LogP contribution in [0.3, 0.4) is 0 Å². The predicted molar refractivity (Wildman–Crippen MR) is 154 cm³/mol. The van der Waals surface area contributed by atoms with Crippen LogP contribution in [0.4, 0.5) is 4.79 Å². The van der Waals surface area contributed by atoms with Gasteiger partial charge in [-0.05, 0) is 38.3 Å². The summed E-state index contributed by atoms with van der Waals surface area (Å²) in [6, 6.07) is 9.03. The highest BCUT2D eigenvalue weighted by atomic mass is 16.6. The van der Waals surface area contributed by atoms with Gasteiger partial charge in [0.15, 0.2) is 12.3 Å².